The number of carbonyl (C=O) groups is 3. The van der Waals surface area contributed by atoms with Gasteiger partial charge in [0, 0.05) is 19.3 Å². The summed E-state index contributed by atoms with van der Waals surface area (Å²) in [4.78, 5) is 37.4. The molecular formula is C49H86O6. The van der Waals surface area contributed by atoms with Gasteiger partial charge >= 0.3 is 17.9 Å². The first-order valence-electron chi connectivity index (χ1n) is 23.1. The molecule has 0 amide bonds. The summed E-state index contributed by atoms with van der Waals surface area (Å²) in [6, 6.07) is 0. The molecular weight excluding hydrogens is 685 g/mol. The maximum atomic E-state index is 12.6. The van der Waals surface area contributed by atoms with Crippen LogP contribution < -0.4 is 0 Å². The highest BCUT2D eigenvalue weighted by molar-refractivity contribution is 5.71. The summed E-state index contributed by atoms with van der Waals surface area (Å²) in [7, 11) is 0. The summed E-state index contributed by atoms with van der Waals surface area (Å²) in [5.41, 5.74) is 0. The van der Waals surface area contributed by atoms with Crippen LogP contribution in [-0.4, -0.2) is 37.2 Å². The molecule has 0 aliphatic rings. The second kappa shape index (κ2) is 44.1. The third-order valence-electron chi connectivity index (χ3n) is 9.85. The van der Waals surface area contributed by atoms with Crippen molar-refractivity contribution in [1.29, 1.82) is 0 Å². The largest absolute Gasteiger partial charge is 0.462 e. The highest BCUT2D eigenvalue weighted by atomic mass is 16.6. The lowest BCUT2D eigenvalue weighted by molar-refractivity contribution is -0.167. The molecule has 0 heterocycles. The zero-order chi connectivity index (χ0) is 40.1. The number of hydrogen-bond donors (Lipinski definition) is 0. The van der Waals surface area contributed by atoms with Gasteiger partial charge in [-0.3, -0.25) is 14.4 Å². The van der Waals surface area contributed by atoms with Crippen LogP contribution in [0.15, 0.2) is 48.6 Å². The van der Waals surface area contributed by atoms with Gasteiger partial charge in [-0.05, 0) is 57.8 Å². The van der Waals surface area contributed by atoms with Crippen LogP contribution in [0.5, 0.6) is 0 Å². The van der Waals surface area contributed by atoms with Crippen molar-refractivity contribution < 1.29 is 28.6 Å². The van der Waals surface area contributed by atoms with Crippen molar-refractivity contribution in [2.45, 2.75) is 232 Å². The molecule has 0 aromatic carbocycles. The number of allylic oxidation sites excluding steroid dienone is 8. The molecule has 0 bridgehead atoms. The van der Waals surface area contributed by atoms with Gasteiger partial charge in [0.2, 0.25) is 0 Å². The van der Waals surface area contributed by atoms with Gasteiger partial charge in [0.1, 0.15) is 13.2 Å². The summed E-state index contributed by atoms with van der Waals surface area (Å²) >= 11 is 0. The molecule has 0 saturated carbocycles. The molecule has 318 valence electrons. The second-order valence-electron chi connectivity index (χ2n) is 15.3. The standard InChI is InChI=1S/C49H86O6/c1-4-7-10-13-16-17-18-19-20-21-22-23-24-25-26-27-28-29-30-31-34-36-39-42-48(51)54-45-46(55-49(52)43-40-37-33-15-12-9-6-3)44-53-47(50)41-38-35-32-14-11-8-5-2/h7,10,16-17,19-20,22-23,46H,4-6,8-9,11-15,18,21,24-45H2,1-3H3/b10-7-,17-16-,20-19-,23-22-. The van der Waals surface area contributed by atoms with Crippen LogP contribution in [0.2, 0.25) is 0 Å². The Morgan fingerprint density at radius 3 is 1.11 bits per heavy atom. The van der Waals surface area contributed by atoms with E-state index >= 15 is 0 Å². The van der Waals surface area contributed by atoms with E-state index in [0.29, 0.717) is 19.3 Å². The number of carbonyl (C=O) groups excluding carboxylic acids is 3. The van der Waals surface area contributed by atoms with E-state index in [-0.39, 0.29) is 31.1 Å². The van der Waals surface area contributed by atoms with Crippen LogP contribution in [0.4, 0.5) is 0 Å². The molecule has 0 aliphatic carbocycles. The first-order chi connectivity index (χ1) is 27.0. The monoisotopic (exact) mass is 771 g/mol. The third-order valence-corrected chi connectivity index (χ3v) is 9.85. The predicted molar refractivity (Wildman–Crippen MR) is 233 cm³/mol. The lowest BCUT2D eigenvalue weighted by Gasteiger charge is -2.18. The summed E-state index contributed by atoms with van der Waals surface area (Å²) in [6.45, 7) is 6.43. The van der Waals surface area contributed by atoms with Crippen molar-refractivity contribution in [3.8, 4) is 0 Å². The van der Waals surface area contributed by atoms with E-state index in [1.807, 2.05) is 0 Å². The molecule has 0 spiro atoms. The van der Waals surface area contributed by atoms with Crippen LogP contribution in [0.1, 0.15) is 226 Å². The Kier molecular flexibility index (Phi) is 42.0. The Morgan fingerprint density at radius 2 is 0.709 bits per heavy atom. The van der Waals surface area contributed by atoms with Gasteiger partial charge in [-0.25, -0.2) is 0 Å². The number of rotatable bonds is 41. The quantitative estimate of drug-likeness (QED) is 0.0267. The van der Waals surface area contributed by atoms with E-state index in [1.165, 1.54) is 103 Å². The predicted octanol–water partition coefficient (Wildman–Crippen LogP) is 14.8. The van der Waals surface area contributed by atoms with Crippen molar-refractivity contribution >= 4 is 17.9 Å². The second-order valence-corrected chi connectivity index (χ2v) is 15.3. The molecule has 1 atom stereocenters. The third kappa shape index (κ3) is 42.4. The molecule has 0 aromatic heterocycles. The van der Waals surface area contributed by atoms with E-state index in [4.69, 9.17) is 14.2 Å². The van der Waals surface area contributed by atoms with E-state index in [2.05, 4.69) is 69.4 Å². The van der Waals surface area contributed by atoms with E-state index in [0.717, 1.165) is 83.5 Å². The Hall–Kier alpha value is -2.63. The molecule has 0 saturated heterocycles. The smallest absolute Gasteiger partial charge is 0.306 e. The average molecular weight is 771 g/mol. The minimum absolute atomic E-state index is 0.0728. The fourth-order valence-electron chi connectivity index (χ4n) is 6.37. The molecule has 0 rings (SSSR count). The van der Waals surface area contributed by atoms with Gasteiger partial charge in [0.05, 0.1) is 0 Å². The van der Waals surface area contributed by atoms with Crippen LogP contribution in [-0.2, 0) is 28.6 Å². The molecule has 1 unspecified atom stereocenters. The van der Waals surface area contributed by atoms with Gasteiger partial charge in [0.15, 0.2) is 6.10 Å². The molecule has 0 fully saturated rings. The number of hydrogen-bond acceptors (Lipinski definition) is 6. The Bertz CT molecular complexity index is 980. The number of ether oxygens (including phenoxy) is 3. The van der Waals surface area contributed by atoms with Crippen molar-refractivity contribution in [2.24, 2.45) is 0 Å². The Balaban J connectivity index is 4.08. The van der Waals surface area contributed by atoms with Crippen molar-refractivity contribution in [2.75, 3.05) is 13.2 Å². The van der Waals surface area contributed by atoms with Crippen LogP contribution in [0.25, 0.3) is 0 Å². The maximum absolute atomic E-state index is 12.6. The number of esters is 3. The minimum Gasteiger partial charge on any atom is -0.462 e. The SMILES string of the molecule is CC/C=C\C/C=C\C/C=C\C/C=C\CCCCCCCCCCCCC(=O)OCC(COC(=O)CCCCCCCCC)OC(=O)CCCCCCCCC. The normalized spacial score (nSPS) is 12.4. The summed E-state index contributed by atoms with van der Waals surface area (Å²) in [5, 5.41) is 0. The lowest BCUT2D eigenvalue weighted by Crippen LogP contribution is -2.30. The van der Waals surface area contributed by atoms with Crippen LogP contribution in [0, 0.1) is 0 Å². The first kappa shape index (κ1) is 52.4. The average Bonchev–Trinajstić information content (AvgIpc) is 3.18. The molecule has 6 nitrogen and oxygen atoms in total. The summed E-state index contributed by atoms with van der Waals surface area (Å²) in [5.74, 6) is -0.891. The van der Waals surface area contributed by atoms with Crippen molar-refractivity contribution in [3.05, 3.63) is 48.6 Å². The first-order valence-corrected chi connectivity index (χ1v) is 23.1. The molecule has 55 heavy (non-hydrogen) atoms. The van der Waals surface area contributed by atoms with E-state index in [1.54, 1.807) is 0 Å². The fourth-order valence-corrected chi connectivity index (χ4v) is 6.37. The van der Waals surface area contributed by atoms with Crippen LogP contribution >= 0.6 is 0 Å². The zero-order valence-electron chi connectivity index (χ0n) is 36.2. The molecule has 6 heteroatoms. The van der Waals surface area contributed by atoms with E-state index in [9.17, 15) is 14.4 Å². The lowest BCUT2D eigenvalue weighted by atomic mass is 10.1. The summed E-state index contributed by atoms with van der Waals surface area (Å²) in [6.07, 6.45) is 51.3. The molecule has 0 aliphatic heterocycles. The van der Waals surface area contributed by atoms with Gasteiger partial charge < -0.3 is 14.2 Å². The zero-order valence-corrected chi connectivity index (χ0v) is 36.2. The molecule has 0 N–H and O–H groups in total. The van der Waals surface area contributed by atoms with Gasteiger partial charge in [-0.2, -0.15) is 0 Å². The van der Waals surface area contributed by atoms with Gasteiger partial charge in [0.25, 0.3) is 0 Å². The fraction of sp³-hybridized carbons (Fsp3) is 0.776. The van der Waals surface area contributed by atoms with Crippen LogP contribution in [0.3, 0.4) is 0 Å². The Labute approximate surface area is 339 Å². The molecule has 0 radical (unpaired) electrons. The van der Waals surface area contributed by atoms with E-state index < -0.39 is 6.10 Å². The van der Waals surface area contributed by atoms with Crippen molar-refractivity contribution in [3.63, 3.8) is 0 Å². The number of unbranched alkanes of at least 4 members (excludes halogenated alkanes) is 22. The topological polar surface area (TPSA) is 78.9 Å². The summed E-state index contributed by atoms with van der Waals surface area (Å²) < 4.78 is 16.6. The van der Waals surface area contributed by atoms with Gasteiger partial charge in [-0.1, -0.05) is 198 Å². The highest BCUT2D eigenvalue weighted by Crippen LogP contribution is 2.14. The van der Waals surface area contributed by atoms with Gasteiger partial charge in [-0.15, -0.1) is 0 Å². The maximum Gasteiger partial charge on any atom is 0.306 e. The Morgan fingerprint density at radius 1 is 0.382 bits per heavy atom. The minimum atomic E-state index is -0.765. The molecule has 0 aromatic rings. The highest BCUT2D eigenvalue weighted by Gasteiger charge is 2.19. The van der Waals surface area contributed by atoms with Crippen molar-refractivity contribution in [1.82, 2.24) is 0 Å².